The Morgan fingerprint density at radius 3 is 2.48 bits per heavy atom. The number of aryl methyl sites for hydroxylation is 1. The lowest BCUT2D eigenvalue weighted by Gasteiger charge is -2.25. The lowest BCUT2D eigenvalue weighted by atomic mass is 9.89. The summed E-state index contributed by atoms with van der Waals surface area (Å²) in [7, 11) is 0. The molecule has 2 aromatic heterocycles. The van der Waals surface area contributed by atoms with Gasteiger partial charge in [-0.25, -0.2) is 15.0 Å². The van der Waals surface area contributed by atoms with E-state index in [2.05, 4.69) is 9.97 Å². The number of hydrogen-bond acceptors (Lipinski definition) is 5. The maximum atomic E-state index is 11.8. The molecule has 0 spiro atoms. The van der Waals surface area contributed by atoms with E-state index in [1.807, 2.05) is 52.0 Å². The lowest BCUT2D eigenvalue weighted by Crippen LogP contribution is -2.23. The molecule has 4 rings (SSSR count). The van der Waals surface area contributed by atoms with Crippen molar-refractivity contribution in [3.63, 3.8) is 0 Å². The van der Waals surface area contributed by atoms with Crippen LogP contribution in [0.4, 0.5) is 0 Å². The summed E-state index contributed by atoms with van der Waals surface area (Å²) in [6.45, 7) is 7.78. The van der Waals surface area contributed by atoms with Crippen LogP contribution >= 0.6 is 11.6 Å². The number of rotatable bonds is 5. The molecular weight excluding hydrogens is 438 g/mol. The third-order valence-corrected chi connectivity index (χ3v) is 5.37. The Morgan fingerprint density at radius 2 is 1.82 bits per heavy atom. The van der Waals surface area contributed by atoms with Gasteiger partial charge in [-0.2, -0.15) is 0 Å². The fourth-order valence-electron chi connectivity index (χ4n) is 3.84. The third-order valence-electron chi connectivity index (χ3n) is 5.14. The molecule has 0 bridgehead atoms. The quantitative estimate of drug-likeness (QED) is 0.385. The standard InChI is InChI=1S/C26H24ClN3O3/c1-15-9-22-18(7-8-21(30-22)16-12-28-14-29-13-16)25(20(15)11-24(31)32)19-6-5-17(27)10-23(19)33-26(2,3)4/h5-10,12-14H,11H2,1-4H3,(H,31,32). The fourth-order valence-corrected chi connectivity index (χ4v) is 4.01. The van der Waals surface area contributed by atoms with Gasteiger partial charge in [-0.15, -0.1) is 0 Å². The number of aromatic nitrogens is 3. The monoisotopic (exact) mass is 461 g/mol. The number of halogens is 1. The zero-order valence-electron chi connectivity index (χ0n) is 18.9. The van der Waals surface area contributed by atoms with Crippen molar-refractivity contribution < 1.29 is 14.6 Å². The van der Waals surface area contributed by atoms with Crippen LogP contribution in [-0.2, 0) is 11.2 Å². The van der Waals surface area contributed by atoms with Crippen molar-refractivity contribution in [2.45, 2.75) is 39.7 Å². The van der Waals surface area contributed by atoms with Crippen molar-refractivity contribution in [2.75, 3.05) is 0 Å². The Bertz CT molecular complexity index is 1350. The van der Waals surface area contributed by atoms with E-state index in [1.165, 1.54) is 6.33 Å². The number of benzene rings is 2. The predicted molar refractivity (Wildman–Crippen MR) is 130 cm³/mol. The van der Waals surface area contributed by atoms with Crippen molar-refractivity contribution in [1.82, 2.24) is 15.0 Å². The Hall–Kier alpha value is -3.51. The molecule has 0 aliphatic carbocycles. The summed E-state index contributed by atoms with van der Waals surface area (Å²) in [4.78, 5) is 24.8. The summed E-state index contributed by atoms with van der Waals surface area (Å²) in [5, 5.41) is 11.0. The van der Waals surface area contributed by atoms with E-state index in [-0.39, 0.29) is 6.42 Å². The molecule has 2 aromatic carbocycles. The number of pyridine rings is 1. The summed E-state index contributed by atoms with van der Waals surface area (Å²) in [6, 6.07) is 11.2. The van der Waals surface area contributed by atoms with Crippen molar-refractivity contribution in [1.29, 1.82) is 0 Å². The van der Waals surface area contributed by atoms with E-state index in [0.717, 1.165) is 38.9 Å². The summed E-state index contributed by atoms with van der Waals surface area (Å²) in [6.07, 6.45) is 4.77. The van der Waals surface area contributed by atoms with Crippen LogP contribution in [0, 0.1) is 6.92 Å². The van der Waals surface area contributed by atoms with Crippen molar-refractivity contribution in [2.24, 2.45) is 0 Å². The van der Waals surface area contributed by atoms with Gasteiger partial charge in [0.1, 0.15) is 17.7 Å². The van der Waals surface area contributed by atoms with E-state index in [9.17, 15) is 9.90 Å². The largest absolute Gasteiger partial charge is 0.487 e. The number of carbonyl (C=O) groups is 1. The smallest absolute Gasteiger partial charge is 0.307 e. The van der Waals surface area contributed by atoms with Crippen LogP contribution < -0.4 is 4.74 Å². The van der Waals surface area contributed by atoms with E-state index in [0.29, 0.717) is 16.3 Å². The zero-order chi connectivity index (χ0) is 23.8. The molecule has 0 unspecified atom stereocenters. The van der Waals surface area contributed by atoms with Crippen molar-refractivity contribution >= 4 is 28.5 Å². The molecule has 7 heteroatoms. The van der Waals surface area contributed by atoms with Gasteiger partial charge in [0.15, 0.2) is 0 Å². The average Bonchev–Trinajstić information content (AvgIpc) is 2.74. The molecule has 33 heavy (non-hydrogen) atoms. The molecule has 2 heterocycles. The Morgan fingerprint density at radius 1 is 1.09 bits per heavy atom. The minimum atomic E-state index is -0.906. The van der Waals surface area contributed by atoms with Gasteiger partial charge in [-0.3, -0.25) is 4.79 Å². The first-order valence-corrected chi connectivity index (χ1v) is 10.9. The molecule has 0 atom stereocenters. The summed E-state index contributed by atoms with van der Waals surface area (Å²) >= 11 is 6.30. The molecule has 0 aliphatic rings. The van der Waals surface area contributed by atoms with Gasteiger partial charge in [0, 0.05) is 33.9 Å². The molecule has 1 N–H and O–H groups in total. The minimum absolute atomic E-state index is 0.122. The molecule has 0 saturated carbocycles. The normalized spacial score (nSPS) is 11.5. The Kier molecular flexibility index (Phi) is 6.04. The van der Waals surface area contributed by atoms with Gasteiger partial charge < -0.3 is 9.84 Å². The van der Waals surface area contributed by atoms with E-state index in [1.54, 1.807) is 24.5 Å². The molecule has 6 nitrogen and oxygen atoms in total. The highest BCUT2D eigenvalue weighted by molar-refractivity contribution is 6.30. The van der Waals surface area contributed by atoms with Gasteiger partial charge in [0.05, 0.1) is 17.6 Å². The summed E-state index contributed by atoms with van der Waals surface area (Å²) in [5.41, 5.74) is 4.93. The highest BCUT2D eigenvalue weighted by atomic mass is 35.5. The summed E-state index contributed by atoms with van der Waals surface area (Å²) < 4.78 is 6.24. The SMILES string of the molecule is Cc1cc2nc(-c3cncnc3)ccc2c(-c2ccc(Cl)cc2OC(C)(C)C)c1CC(=O)O. The number of hydrogen-bond donors (Lipinski definition) is 1. The van der Waals surface area contributed by atoms with Gasteiger partial charge in [0.2, 0.25) is 0 Å². The van der Waals surface area contributed by atoms with Gasteiger partial charge in [0.25, 0.3) is 0 Å². The van der Waals surface area contributed by atoms with Crippen molar-refractivity contribution in [3.05, 3.63) is 71.3 Å². The number of carboxylic acids is 1. The topological polar surface area (TPSA) is 85.2 Å². The molecule has 0 saturated heterocycles. The number of carboxylic acid groups (broad SMARTS) is 1. The van der Waals surface area contributed by atoms with Crippen LogP contribution in [0.15, 0.2) is 55.1 Å². The number of ether oxygens (including phenoxy) is 1. The second-order valence-electron chi connectivity index (χ2n) is 8.86. The van der Waals surface area contributed by atoms with Gasteiger partial charge >= 0.3 is 5.97 Å². The first-order chi connectivity index (χ1) is 15.6. The molecule has 0 fully saturated rings. The van der Waals surface area contributed by atoms with E-state index < -0.39 is 11.6 Å². The van der Waals surface area contributed by atoms with Crippen LogP contribution in [0.2, 0.25) is 5.02 Å². The molecule has 168 valence electrons. The van der Waals surface area contributed by atoms with Gasteiger partial charge in [-0.1, -0.05) is 17.7 Å². The maximum absolute atomic E-state index is 11.8. The molecule has 0 amide bonds. The third kappa shape index (κ3) is 4.96. The highest BCUT2D eigenvalue weighted by Gasteiger charge is 2.22. The Labute approximate surface area is 197 Å². The number of fused-ring (bicyclic) bond motifs is 1. The molecule has 0 aliphatic heterocycles. The van der Waals surface area contributed by atoms with Crippen LogP contribution in [0.3, 0.4) is 0 Å². The predicted octanol–water partition coefficient (Wildman–Crippen LogP) is 6.13. The average molecular weight is 462 g/mol. The van der Waals surface area contributed by atoms with E-state index in [4.69, 9.17) is 21.3 Å². The maximum Gasteiger partial charge on any atom is 0.307 e. The fraction of sp³-hybridized carbons (Fsp3) is 0.231. The van der Waals surface area contributed by atoms with Crippen molar-refractivity contribution in [3.8, 4) is 28.1 Å². The van der Waals surface area contributed by atoms with Crippen LogP contribution in [-0.4, -0.2) is 31.6 Å². The molecular formula is C26H24ClN3O3. The first kappa shape index (κ1) is 22.7. The molecule has 0 radical (unpaired) electrons. The Balaban J connectivity index is 2.02. The minimum Gasteiger partial charge on any atom is -0.487 e. The first-order valence-electron chi connectivity index (χ1n) is 10.5. The second-order valence-corrected chi connectivity index (χ2v) is 9.30. The second kappa shape index (κ2) is 8.79. The highest BCUT2D eigenvalue weighted by Crippen LogP contribution is 2.42. The van der Waals surface area contributed by atoms with Crippen LogP contribution in [0.5, 0.6) is 5.75 Å². The van der Waals surface area contributed by atoms with Crippen LogP contribution in [0.25, 0.3) is 33.3 Å². The number of aliphatic carboxylic acids is 1. The lowest BCUT2D eigenvalue weighted by molar-refractivity contribution is -0.136. The molecule has 4 aromatic rings. The number of nitrogens with zero attached hydrogens (tertiary/aromatic N) is 3. The summed E-state index contributed by atoms with van der Waals surface area (Å²) in [5.74, 6) is -0.314. The zero-order valence-corrected chi connectivity index (χ0v) is 19.6. The van der Waals surface area contributed by atoms with Crippen LogP contribution in [0.1, 0.15) is 31.9 Å². The van der Waals surface area contributed by atoms with Gasteiger partial charge in [-0.05, 0) is 74.7 Å². The van der Waals surface area contributed by atoms with E-state index >= 15 is 0 Å².